The SMILES string of the molecule is O=C(C1CCCCC1)N1CCC(n2c(C3CCCC3)nc3cccnc32)C1. The Balaban J connectivity index is 1.42. The Hall–Kier alpha value is -1.91. The number of carbonyl (C=O) groups is 1. The first-order valence-electron chi connectivity index (χ1n) is 10.9. The normalized spacial score (nSPS) is 24.9. The molecule has 2 aliphatic carbocycles. The monoisotopic (exact) mass is 366 g/mol. The highest BCUT2D eigenvalue weighted by Gasteiger charge is 2.35. The molecule has 3 aliphatic rings. The number of pyridine rings is 1. The summed E-state index contributed by atoms with van der Waals surface area (Å²) in [5, 5.41) is 0. The first kappa shape index (κ1) is 17.2. The highest BCUT2D eigenvalue weighted by molar-refractivity contribution is 5.79. The van der Waals surface area contributed by atoms with E-state index in [1.54, 1.807) is 0 Å². The van der Waals surface area contributed by atoms with Gasteiger partial charge in [-0.25, -0.2) is 9.97 Å². The van der Waals surface area contributed by atoms with E-state index < -0.39 is 0 Å². The Morgan fingerprint density at radius 1 is 1.00 bits per heavy atom. The van der Waals surface area contributed by atoms with Crippen molar-refractivity contribution in [3.63, 3.8) is 0 Å². The van der Waals surface area contributed by atoms with Crippen LogP contribution in [-0.4, -0.2) is 38.4 Å². The number of hydrogen-bond donors (Lipinski definition) is 0. The van der Waals surface area contributed by atoms with Crippen molar-refractivity contribution in [2.75, 3.05) is 13.1 Å². The summed E-state index contributed by atoms with van der Waals surface area (Å²) < 4.78 is 2.40. The summed E-state index contributed by atoms with van der Waals surface area (Å²) in [7, 11) is 0. The number of hydrogen-bond acceptors (Lipinski definition) is 3. The fourth-order valence-electron chi connectivity index (χ4n) is 5.54. The molecule has 2 aromatic heterocycles. The molecule has 5 heteroatoms. The number of amides is 1. The van der Waals surface area contributed by atoms with Crippen LogP contribution in [0.25, 0.3) is 11.2 Å². The molecule has 144 valence electrons. The van der Waals surface area contributed by atoms with Crippen molar-refractivity contribution in [2.45, 2.75) is 76.2 Å². The van der Waals surface area contributed by atoms with E-state index >= 15 is 0 Å². The number of carbonyl (C=O) groups excluding carboxylic acids is 1. The van der Waals surface area contributed by atoms with E-state index in [0.717, 1.165) is 43.5 Å². The van der Waals surface area contributed by atoms with E-state index in [2.05, 4.69) is 20.5 Å². The lowest BCUT2D eigenvalue weighted by Gasteiger charge is -2.26. The first-order chi connectivity index (χ1) is 13.3. The third-order valence-electron chi connectivity index (χ3n) is 6.99. The maximum absolute atomic E-state index is 13.0. The van der Waals surface area contributed by atoms with E-state index in [-0.39, 0.29) is 5.92 Å². The van der Waals surface area contributed by atoms with E-state index in [4.69, 9.17) is 4.98 Å². The molecule has 2 saturated carbocycles. The number of rotatable bonds is 3. The number of nitrogens with zero attached hydrogens (tertiary/aromatic N) is 4. The molecule has 1 amide bonds. The lowest BCUT2D eigenvalue weighted by molar-refractivity contribution is -0.135. The molecular weight excluding hydrogens is 336 g/mol. The van der Waals surface area contributed by atoms with Crippen LogP contribution in [0.5, 0.6) is 0 Å². The summed E-state index contributed by atoms with van der Waals surface area (Å²) in [6.45, 7) is 1.72. The zero-order chi connectivity index (χ0) is 18.2. The second-order valence-electron chi connectivity index (χ2n) is 8.73. The highest BCUT2D eigenvalue weighted by atomic mass is 16.2. The van der Waals surface area contributed by atoms with Crippen molar-refractivity contribution in [1.29, 1.82) is 0 Å². The van der Waals surface area contributed by atoms with Crippen LogP contribution in [-0.2, 0) is 4.79 Å². The van der Waals surface area contributed by atoms with Gasteiger partial charge >= 0.3 is 0 Å². The molecule has 27 heavy (non-hydrogen) atoms. The van der Waals surface area contributed by atoms with Crippen LogP contribution >= 0.6 is 0 Å². The van der Waals surface area contributed by atoms with Gasteiger partial charge in [0.15, 0.2) is 5.65 Å². The molecule has 0 bridgehead atoms. The standard InChI is InChI=1S/C22H30N4O/c27-22(17-9-2-1-3-10-17)25-14-12-18(15-25)26-20(16-7-4-5-8-16)24-19-11-6-13-23-21(19)26/h6,11,13,16-18H,1-5,7-10,12,14-15H2. The molecule has 1 atom stereocenters. The van der Waals surface area contributed by atoms with Gasteiger partial charge in [0, 0.05) is 31.1 Å². The van der Waals surface area contributed by atoms with Gasteiger partial charge in [-0.2, -0.15) is 0 Å². The van der Waals surface area contributed by atoms with Gasteiger partial charge in [-0.05, 0) is 44.2 Å². The Morgan fingerprint density at radius 3 is 2.59 bits per heavy atom. The first-order valence-corrected chi connectivity index (χ1v) is 10.9. The number of fused-ring (bicyclic) bond motifs is 1. The molecule has 3 fully saturated rings. The molecule has 2 aromatic rings. The summed E-state index contributed by atoms with van der Waals surface area (Å²) in [6.07, 6.45) is 13.9. The predicted molar refractivity (Wildman–Crippen MR) is 106 cm³/mol. The van der Waals surface area contributed by atoms with Crippen molar-refractivity contribution >= 4 is 17.1 Å². The molecule has 1 saturated heterocycles. The van der Waals surface area contributed by atoms with Crippen LogP contribution < -0.4 is 0 Å². The average molecular weight is 367 g/mol. The predicted octanol–water partition coefficient (Wildman–Crippen LogP) is 4.44. The molecule has 5 nitrogen and oxygen atoms in total. The summed E-state index contributed by atoms with van der Waals surface area (Å²) in [4.78, 5) is 24.8. The largest absolute Gasteiger partial charge is 0.340 e. The quantitative estimate of drug-likeness (QED) is 0.807. The molecule has 0 N–H and O–H groups in total. The van der Waals surface area contributed by atoms with Crippen molar-refractivity contribution in [3.8, 4) is 0 Å². The second kappa shape index (κ2) is 7.25. The van der Waals surface area contributed by atoms with Gasteiger partial charge in [-0.3, -0.25) is 4.79 Å². The van der Waals surface area contributed by atoms with Crippen LogP contribution in [0.4, 0.5) is 0 Å². The second-order valence-corrected chi connectivity index (χ2v) is 8.73. The van der Waals surface area contributed by atoms with Gasteiger partial charge in [0.1, 0.15) is 11.3 Å². The maximum atomic E-state index is 13.0. The maximum Gasteiger partial charge on any atom is 0.225 e. The summed E-state index contributed by atoms with van der Waals surface area (Å²) in [5.74, 6) is 2.45. The number of likely N-dealkylation sites (tertiary alicyclic amines) is 1. The third-order valence-corrected chi connectivity index (χ3v) is 6.99. The van der Waals surface area contributed by atoms with Gasteiger partial charge in [0.25, 0.3) is 0 Å². The molecule has 1 aliphatic heterocycles. The number of aromatic nitrogens is 3. The Morgan fingerprint density at radius 2 is 1.78 bits per heavy atom. The summed E-state index contributed by atoms with van der Waals surface area (Å²) in [5.41, 5.74) is 2.02. The van der Waals surface area contributed by atoms with Gasteiger partial charge in [0.05, 0.1) is 6.04 Å². The molecule has 0 spiro atoms. The third kappa shape index (κ3) is 3.15. The highest BCUT2D eigenvalue weighted by Crippen LogP contribution is 2.38. The zero-order valence-electron chi connectivity index (χ0n) is 16.1. The lowest BCUT2D eigenvalue weighted by atomic mass is 9.88. The Kier molecular flexibility index (Phi) is 4.62. The van der Waals surface area contributed by atoms with E-state index in [0.29, 0.717) is 17.9 Å². The van der Waals surface area contributed by atoms with Gasteiger partial charge in [-0.1, -0.05) is 32.1 Å². The van der Waals surface area contributed by atoms with Crippen molar-refractivity contribution < 1.29 is 4.79 Å². The molecule has 0 radical (unpaired) electrons. The molecule has 3 heterocycles. The van der Waals surface area contributed by atoms with E-state index in [1.807, 2.05) is 12.3 Å². The van der Waals surface area contributed by atoms with Gasteiger partial charge in [-0.15, -0.1) is 0 Å². The fourth-order valence-corrected chi connectivity index (χ4v) is 5.54. The Labute approximate surface area is 161 Å². The molecule has 1 unspecified atom stereocenters. The fraction of sp³-hybridized carbons (Fsp3) is 0.682. The van der Waals surface area contributed by atoms with Gasteiger partial charge < -0.3 is 9.47 Å². The van der Waals surface area contributed by atoms with Crippen molar-refractivity contribution in [1.82, 2.24) is 19.4 Å². The van der Waals surface area contributed by atoms with Gasteiger partial charge in [0.2, 0.25) is 5.91 Å². The van der Waals surface area contributed by atoms with Crippen LogP contribution in [0.15, 0.2) is 18.3 Å². The molecule has 5 rings (SSSR count). The smallest absolute Gasteiger partial charge is 0.225 e. The van der Waals surface area contributed by atoms with Crippen LogP contribution in [0.2, 0.25) is 0 Å². The average Bonchev–Trinajstić information content (AvgIpc) is 3.46. The molecular formula is C22H30N4O. The van der Waals surface area contributed by atoms with Crippen molar-refractivity contribution in [3.05, 3.63) is 24.2 Å². The minimum atomic E-state index is 0.268. The number of imidazole rings is 1. The van der Waals surface area contributed by atoms with Crippen LogP contribution in [0.1, 0.15) is 82.0 Å². The topological polar surface area (TPSA) is 51.0 Å². The zero-order valence-corrected chi connectivity index (χ0v) is 16.1. The van der Waals surface area contributed by atoms with Crippen LogP contribution in [0.3, 0.4) is 0 Å². The van der Waals surface area contributed by atoms with Crippen molar-refractivity contribution in [2.24, 2.45) is 5.92 Å². The summed E-state index contributed by atoms with van der Waals surface area (Å²) in [6, 6.07) is 4.39. The van der Waals surface area contributed by atoms with Crippen LogP contribution in [0, 0.1) is 5.92 Å². The van der Waals surface area contributed by atoms with E-state index in [9.17, 15) is 4.79 Å². The Bertz CT molecular complexity index is 817. The lowest BCUT2D eigenvalue weighted by Crippen LogP contribution is -2.35. The minimum absolute atomic E-state index is 0.268. The minimum Gasteiger partial charge on any atom is -0.340 e. The summed E-state index contributed by atoms with van der Waals surface area (Å²) >= 11 is 0. The molecule has 0 aromatic carbocycles. The van der Waals surface area contributed by atoms with E-state index in [1.165, 1.54) is 50.8 Å².